The molecule has 0 saturated carbocycles. The minimum absolute atomic E-state index is 0.542. The number of aryl methyl sites for hydroxylation is 2. The standard InChI is InChI=1S/C14H11Cl2/c1-9-4-3-5-10(2)14(9)12-7-6-11(15)8-13(12)16/h3-7H,1-2H3. The lowest BCUT2D eigenvalue weighted by molar-refractivity contribution is 1.38. The molecule has 0 aromatic heterocycles. The van der Waals surface area contributed by atoms with Crippen LogP contribution in [0.5, 0.6) is 0 Å². The predicted octanol–water partition coefficient (Wildman–Crippen LogP) is 5.08. The Kier molecular flexibility index (Phi) is 3.22. The van der Waals surface area contributed by atoms with Crippen LogP contribution in [0.2, 0.25) is 10.0 Å². The summed E-state index contributed by atoms with van der Waals surface area (Å²) in [7, 11) is 0. The van der Waals surface area contributed by atoms with Crippen LogP contribution < -0.4 is 0 Å². The zero-order valence-electron chi connectivity index (χ0n) is 9.14. The Balaban J connectivity index is 2.68. The van der Waals surface area contributed by atoms with Crippen molar-refractivity contribution in [2.24, 2.45) is 0 Å². The predicted molar refractivity (Wildman–Crippen MR) is 70.2 cm³/mol. The third-order valence-corrected chi connectivity index (χ3v) is 3.13. The summed E-state index contributed by atoms with van der Waals surface area (Å²) in [4.78, 5) is 0. The van der Waals surface area contributed by atoms with Crippen LogP contribution in [0.25, 0.3) is 11.1 Å². The normalized spacial score (nSPS) is 10.5. The zero-order chi connectivity index (χ0) is 11.7. The van der Waals surface area contributed by atoms with Gasteiger partial charge in [-0.1, -0.05) is 47.5 Å². The van der Waals surface area contributed by atoms with E-state index >= 15 is 0 Å². The summed E-state index contributed by atoms with van der Waals surface area (Å²) >= 11 is 12.0. The molecule has 0 unspecified atom stereocenters. The van der Waals surface area contributed by atoms with Gasteiger partial charge < -0.3 is 0 Å². The van der Waals surface area contributed by atoms with E-state index in [1.807, 2.05) is 18.2 Å². The summed E-state index contributed by atoms with van der Waals surface area (Å²) in [5.74, 6) is 0. The van der Waals surface area contributed by atoms with Crippen LogP contribution in [0, 0.1) is 19.9 Å². The van der Waals surface area contributed by atoms with Crippen molar-refractivity contribution in [2.45, 2.75) is 13.8 Å². The van der Waals surface area contributed by atoms with Gasteiger partial charge in [0.25, 0.3) is 0 Å². The van der Waals surface area contributed by atoms with Gasteiger partial charge in [-0.3, -0.25) is 0 Å². The first-order chi connectivity index (χ1) is 7.59. The van der Waals surface area contributed by atoms with Crippen molar-refractivity contribution in [1.29, 1.82) is 0 Å². The Labute approximate surface area is 106 Å². The second-order valence-electron chi connectivity index (χ2n) is 3.80. The molecule has 2 heteroatoms. The minimum atomic E-state index is 0.542. The molecule has 81 valence electrons. The SMILES string of the molecule is Cc1cccc(C)c1-c1ccc(Cl)[c]c1Cl. The lowest BCUT2D eigenvalue weighted by Gasteiger charge is -2.11. The highest BCUT2D eigenvalue weighted by molar-refractivity contribution is 6.36. The lowest BCUT2D eigenvalue weighted by atomic mass is 9.96. The first-order valence-electron chi connectivity index (χ1n) is 5.03. The van der Waals surface area contributed by atoms with E-state index in [1.54, 1.807) is 0 Å². The van der Waals surface area contributed by atoms with Gasteiger partial charge in [-0.2, -0.15) is 0 Å². The quantitative estimate of drug-likeness (QED) is 0.662. The van der Waals surface area contributed by atoms with Gasteiger partial charge in [0, 0.05) is 11.6 Å². The molecular formula is C14H11Cl2. The fourth-order valence-corrected chi connectivity index (χ4v) is 2.34. The third kappa shape index (κ3) is 2.09. The van der Waals surface area contributed by atoms with E-state index in [1.165, 1.54) is 16.7 Å². The van der Waals surface area contributed by atoms with Gasteiger partial charge >= 0.3 is 0 Å². The maximum Gasteiger partial charge on any atom is 0.0579 e. The number of rotatable bonds is 1. The number of hydrogen-bond donors (Lipinski definition) is 0. The van der Waals surface area contributed by atoms with Crippen molar-refractivity contribution in [3.8, 4) is 11.1 Å². The highest BCUT2D eigenvalue weighted by Crippen LogP contribution is 2.33. The van der Waals surface area contributed by atoms with E-state index in [4.69, 9.17) is 23.2 Å². The summed E-state index contributed by atoms with van der Waals surface area (Å²) in [6, 6.07) is 12.9. The maximum atomic E-state index is 6.17. The van der Waals surface area contributed by atoms with Crippen LogP contribution in [-0.2, 0) is 0 Å². The Morgan fingerprint density at radius 2 is 1.56 bits per heavy atom. The van der Waals surface area contributed by atoms with E-state index in [0.717, 1.165) is 5.56 Å². The number of halogens is 2. The van der Waals surface area contributed by atoms with Gasteiger partial charge in [0.2, 0.25) is 0 Å². The summed E-state index contributed by atoms with van der Waals surface area (Å²) < 4.78 is 0. The fourth-order valence-electron chi connectivity index (χ4n) is 1.88. The molecule has 0 fully saturated rings. The molecule has 0 amide bonds. The Bertz CT molecular complexity index is 510. The molecule has 0 heterocycles. The molecule has 16 heavy (non-hydrogen) atoms. The first-order valence-corrected chi connectivity index (χ1v) is 5.79. The van der Waals surface area contributed by atoms with Gasteiger partial charge in [-0.15, -0.1) is 0 Å². The number of hydrogen-bond acceptors (Lipinski definition) is 0. The van der Waals surface area contributed by atoms with Gasteiger partial charge in [0.15, 0.2) is 0 Å². The van der Waals surface area contributed by atoms with Crippen molar-refractivity contribution in [3.63, 3.8) is 0 Å². The molecule has 0 saturated heterocycles. The Morgan fingerprint density at radius 3 is 2.12 bits per heavy atom. The molecular weight excluding hydrogens is 239 g/mol. The van der Waals surface area contributed by atoms with Gasteiger partial charge in [-0.25, -0.2) is 0 Å². The molecule has 2 aromatic rings. The average Bonchev–Trinajstić information content (AvgIpc) is 2.20. The zero-order valence-corrected chi connectivity index (χ0v) is 10.7. The van der Waals surface area contributed by atoms with Crippen LogP contribution in [0.3, 0.4) is 0 Å². The summed E-state index contributed by atoms with van der Waals surface area (Å²) in [6.45, 7) is 4.15. The average molecular weight is 250 g/mol. The monoisotopic (exact) mass is 249 g/mol. The molecule has 0 aliphatic rings. The van der Waals surface area contributed by atoms with Crippen molar-refractivity contribution >= 4 is 23.2 Å². The van der Waals surface area contributed by atoms with Crippen LogP contribution in [0.15, 0.2) is 30.3 Å². The van der Waals surface area contributed by atoms with Crippen molar-refractivity contribution in [1.82, 2.24) is 0 Å². The van der Waals surface area contributed by atoms with Crippen LogP contribution in [0.1, 0.15) is 11.1 Å². The van der Waals surface area contributed by atoms with E-state index in [2.05, 4.69) is 32.0 Å². The van der Waals surface area contributed by atoms with Crippen molar-refractivity contribution in [3.05, 3.63) is 57.6 Å². The molecule has 0 nitrogen and oxygen atoms in total. The first kappa shape index (κ1) is 11.5. The molecule has 0 spiro atoms. The number of benzene rings is 2. The van der Waals surface area contributed by atoms with Crippen molar-refractivity contribution in [2.75, 3.05) is 0 Å². The topological polar surface area (TPSA) is 0 Å². The molecule has 0 aliphatic heterocycles. The van der Waals surface area contributed by atoms with Crippen LogP contribution in [0.4, 0.5) is 0 Å². The van der Waals surface area contributed by atoms with Crippen LogP contribution >= 0.6 is 23.2 Å². The molecule has 0 aliphatic carbocycles. The molecule has 0 bridgehead atoms. The second-order valence-corrected chi connectivity index (χ2v) is 4.59. The summed E-state index contributed by atoms with van der Waals surface area (Å²) in [6.07, 6.45) is 0. The molecule has 0 atom stereocenters. The lowest BCUT2D eigenvalue weighted by Crippen LogP contribution is -1.88. The molecule has 2 aromatic carbocycles. The molecule has 0 N–H and O–H groups in total. The van der Waals surface area contributed by atoms with Crippen LogP contribution in [-0.4, -0.2) is 0 Å². The molecule has 2 rings (SSSR count). The van der Waals surface area contributed by atoms with E-state index in [-0.39, 0.29) is 0 Å². The summed E-state index contributed by atoms with van der Waals surface area (Å²) in [5.41, 5.74) is 4.57. The fraction of sp³-hybridized carbons (Fsp3) is 0.143. The smallest absolute Gasteiger partial charge is 0.0579 e. The maximum absolute atomic E-state index is 6.17. The molecule has 1 radical (unpaired) electrons. The summed E-state index contributed by atoms with van der Waals surface area (Å²) in [5, 5.41) is 1.12. The Hall–Kier alpha value is -0.980. The van der Waals surface area contributed by atoms with E-state index < -0.39 is 0 Å². The van der Waals surface area contributed by atoms with Gasteiger partial charge in [0.1, 0.15) is 0 Å². The third-order valence-electron chi connectivity index (χ3n) is 2.61. The van der Waals surface area contributed by atoms with Gasteiger partial charge in [0.05, 0.1) is 10.0 Å². The van der Waals surface area contributed by atoms with E-state index in [0.29, 0.717) is 10.0 Å². The Morgan fingerprint density at radius 1 is 0.938 bits per heavy atom. The van der Waals surface area contributed by atoms with Gasteiger partial charge in [-0.05, 0) is 36.6 Å². The highest BCUT2D eigenvalue weighted by Gasteiger charge is 2.09. The van der Waals surface area contributed by atoms with Crippen molar-refractivity contribution < 1.29 is 0 Å². The van der Waals surface area contributed by atoms with E-state index in [9.17, 15) is 0 Å². The minimum Gasteiger partial charge on any atom is -0.0836 e. The second kappa shape index (κ2) is 4.48. The largest absolute Gasteiger partial charge is 0.0836 e. The highest BCUT2D eigenvalue weighted by atomic mass is 35.5.